The summed E-state index contributed by atoms with van der Waals surface area (Å²) in [6.45, 7) is 1.18. The molecule has 0 spiro atoms. The van der Waals surface area contributed by atoms with Crippen LogP contribution in [0.15, 0.2) is 36.4 Å². The van der Waals surface area contributed by atoms with Gasteiger partial charge in [-0.3, -0.25) is 4.79 Å². The zero-order valence-electron chi connectivity index (χ0n) is 15.6. The van der Waals surface area contributed by atoms with Crippen molar-refractivity contribution >= 4 is 5.91 Å². The molecule has 0 aromatic heterocycles. The van der Waals surface area contributed by atoms with Gasteiger partial charge in [-0.25, -0.2) is 4.39 Å². The number of benzene rings is 2. The molecule has 144 valence electrons. The Morgan fingerprint density at radius 2 is 2.04 bits per heavy atom. The summed E-state index contributed by atoms with van der Waals surface area (Å²) in [7, 11) is 5.28. The topological polar surface area (TPSA) is 60.0 Å². The van der Waals surface area contributed by atoms with E-state index in [2.05, 4.69) is 5.32 Å². The monoisotopic (exact) mass is 374 g/mol. The van der Waals surface area contributed by atoms with E-state index >= 15 is 0 Å². The molecule has 7 heteroatoms. The molecule has 0 saturated carbocycles. The Morgan fingerprint density at radius 1 is 1.26 bits per heavy atom. The first-order valence-electron chi connectivity index (χ1n) is 8.67. The van der Waals surface area contributed by atoms with Gasteiger partial charge in [-0.2, -0.15) is 0 Å². The third-order valence-corrected chi connectivity index (χ3v) is 4.40. The van der Waals surface area contributed by atoms with Gasteiger partial charge in [-0.1, -0.05) is 12.1 Å². The fourth-order valence-corrected chi connectivity index (χ4v) is 3.01. The van der Waals surface area contributed by atoms with E-state index in [1.165, 1.54) is 19.2 Å². The van der Waals surface area contributed by atoms with Crippen LogP contribution in [0.3, 0.4) is 0 Å². The molecule has 27 heavy (non-hydrogen) atoms. The Kier molecular flexibility index (Phi) is 5.81. The van der Waals surface area contributed by atoms with E-state index in [0.717, 1.165) is 5.56 Å². The molecule has 2 aromatic carbocycles. The molecule has 0 fully saturated rings. The summed E-state index contributed by atoms with van der Waals surface area (Å²) in [6, 6.07) is 9.47. The molecule has 1 aliphatic rings. The fourth-order valence-electron chi connectivity index (χ4n) is 3.01. The van der Waals surface area contributed by atoms with E-state index in [9.17, 15) is 9.18 Å². The zero-order chi connectivity index (χ0) is 19.4. The van der Waals surface area contributed by atoms with Gasteiger partial charge in [0.25, 0.3) is 5.91 Å². The summed E-state index contributed by atoms with van der Waals surface area (Å²) >= 11 is 0. The van der Waals surface area contributed by atoms with Crippen LogP contribution >= 0.6 is 0 Å². The first-order chi connectivity index (χ1) is 13.0. The van der Waals surface area contributed by atoms with Gasteiger partial charge < -0.3 is 24.4 Å². The highest BCUT2D eigenvalue weighted by molar-refractivity contribution is 5.95. The third-order valence-electron chi connectivity index (χ3n) is 4.40. The fraction of sp³-hybridized carbons (Fsp3) is 0.350. The minimum atomic E-state index is -0.303. The molecule has 0 saturated heterocycles. The van der Waals surface area contributed by atoms with Crippen LogP contribution in [0.4, 0.5) is 4.39 Å². The van der Waals surface area contributed by atoms with Crippen molar-refractivity contribution in [2.75, 3.05) is 41.0 Å². The number of hydrogen-bond acceptors (Lipinski definition) is 5. The highest BCUT2D eigenvalue weighted by Gasteiger charge is 2.22. The van der Waals surface area contributed by atoms with Crippen LogP contribution in [0.25, 0.3) is 0 Å². The maximum Gasteiger partial charge on any atom is 0.251 e. The van der Waals surface area contributed by atoms with Crippen molar-refractivity contribution in [1.82, 2.24) is 10.2 Å². The van der Waals surface area contributed by atoms with Gasteiger partial charge in [0.2, 0.25) is 5.75 Å². The summed E-state index contributed by atoms with van der Waals surface area (Å²) < 4.78 is 30.0. The normalized spacial score (nSPS) is 14.0. The SMILES string of the molecule is COc1cc(C(=O)NC[C@@H](c2cccc(F)c2)N(C)C)cc2c1OCCO2. The number of carbonyl (C=O) groups is 1. The molecule has 1 heterocycles. The molecule has 1 aliphatic heterocycles. The highest BCUT2D eigenvalue weighted by Crippen LogP contribution is 2.40. The van der Waals surface area contributed by atoms with Gasteiger partial charge in [-0.05, 0) is 43.9 Å². The predicted molar refractivity (Wildman–Crippen MR) is 99.1 cm³/mol. The number of carbonyl (C=O) groups excluding carboxylic acids is 1. The quantitative estimate of drug-likeness (QED) is 0.842. The summed E-state index contributed by atoms with van der Waals surface area (Å²) in [5.74, 6) is 0.869. The lowest BCUT2D eigenvalue weighted by atomic mass is 10.1. The first kappa shape index (κ1) is 19.0. The molecule has 6 nitrogen and oxygen atoms in total. The van der Waals surface area contributed by atoms with E-state index in [1.807, 2.05) is 25.1 Å². The summed E-state index contributed by atoms with van der Waals surface area (Å²) in [5, 5.41) is 2.90. The second-order valence-corrected chi connectivity index (χ2v) is 6.45. The van der Waals surface area contributed by atoms with Gasteiger partial charge in [-0.15, -0.1) is 0 Å². The minimum Gasteiger partial charge on any atom is -0.493 e. The van der Waals surface area contributed by atoms with Crippen molar-refractivity contribution in [3.63, 3.8) is 0 Å². The number of ether oxygens (including phenoxy) is 3. The maximum atomic E-state index is 13.6. The van der Waals surface area contributed by atoms with Crippen molar-refractivity contribution in [3.8, 4) is 17.2 Å². The van der Waals surface area contributed by atoms with Gasteiger partial charge in [0.1, 0.15) is 19.0 Å². The molecule has 1 atom stereocenters. The number of hydrogen-bond donors (Lipinski definition) is 1. The van der Waals surface area contributed by atoms with E-state index in [-0.39, 0.29) is 17.8 Å². The van der Waals surface area contributed by atoms with E-state index in [0.29, 0.717) is 42.6 Å². The number of methoxy groups -OCH3 is 1. The lowest BCUT2D eigenvalue weighted by Gasteiger charge is -2.25. The smallest absolute Gasteiger partial charge is 0.251 e. The second kappa shape index (κ2) is 8.26. The van der Waals surface area contributed by atoms with Crippen LogP contribution in [0.1, 0.15) is 22.0 Å². The molecule has 3 rings (SSSR count). The van der Waals surface area contributed by atoms with Crippen LogP contribution in [0.5, 0.6) is 17.2 Å². The lowest BCUT2D eigenvalue weighted by molar-refractivity contribution is 0.0940. The molecule has 1 N–H and O–H groups in total. The van der Waals surface area contributed by atoms with Crippen LogP contribution in [-0.4, -0.2) is 51.8 Å². The third kappa shape index (κ3) is 4.31. The van der Waals surface area contributed by atoms with E-state index in [4.69, 9.17) is 14.2 Å². The summed E-state index contributed by atoms with van der Waals surface area (Å²) in [5.41, 5.74) is 1.20. The molecule has 0 bridgehead atoms. The largest absolute Gasteiger partial charge is 0.493 e. The number of halogens is 1. The summed E-state index contributed by atoms with van der Waals surface area (Å²) in [6.07, 6.45) is 0. The zero-order valence-corrected chi connectivity index (χ0v) is 15.6. The molecular formula is C20H23FN2O4. The predicted octanol–water partition coefficient (Wildman–Crippen LogP) is 2.64. The van der Waals surface area contributed by atoms with Gasteiger partial charge in [0, 0.05) is 12.1 Å². The average Bonchev–Trinajstić information content (AvgIpc) is 2.66. The van der Waals surface area contributed by atoms with Crippen molar-refractivity contribution in [2.45, 2.75) is 6.04 Å². The van der Waals surface area contributed by atoms with Gasteiger partial charge in [0.05, 0.1) is 13.2 Å². The van der Waals surface area contributed by atoms with Crippen molar-refractivity contribution in [2.24, 2.45) is 0 Å². The lowest BCUT2D eigenvalue weighted by Crippen LogP contribution is -2.34. The molecule has 0 aliphatic carbocycles. The number of nitrogens with one attached hydrogen (secondary N) is 1. The van der Waals surface area contributed by atoms with Crippen molar-refractivity contribution in [1.29, 1.82) is 0 Å². The number of likely N-dealkylation sites (N-methyl/N-ethyl adjacent to an activating group) is 1. The van der Waals surface area contributed by atoms with Gasteiger partial charge in [0.15, 0.2) is 11.5 Å². The Morgan fingerprint density at radius 3 is 2.74 bits per heavy atom. The van der Waals surface area contributed by atoms with Crippen LogP contribution in [0, 0.1) is 5.82 Å². The minimum absolute atomic E-state index is 0.163. The molecule has 1 amide bonds. The van der Waals surface area contributed by atoms with E-state index in [1.54, 1.807) is 18.2 Å². The van der Waals surface area contributed by atoms with Crippen molar-refractivity contribution in [3.05, 3.63) is 53.3 Å². The highest BCUT2D eigenvalue weighted by atomic mass is 19.1. The second-order valence-electron chi connectivity index (χ2n) is 6.45. The average molecular weight is 374 g/mol. The Balaban J connectivity index is 1.76. The molecular weight excluding hydrogens is 351 g/mol. The van der Waals surface area contributed by atoms with Gasteiger partial charge >= 0.3 is 0 Å². The number of amides is 1. The molecule has 0 unspecified atom stereocenters. The molecule has 0 radical (unpaired) electrons. The Hall–Kier alpha value is -2.80. The number of fused-ring (bicyclic) bond motifs is 1. The van der Waals surface area contributed by atoms with Crippen LogP contribution in [-0.2, 0) is 0 Å². The number of nitrogens with zero attached hydrogens (tertiary/aromatic N) is 1. The Labute approximate surface area is 157 Å². The first-order valence-corrected chi connectivity index (χ1v) is 8.67. The standard InChI is InChI=1S/C20H23FN2O4/c1-23(2)16(13-5-4-6-15(21)9-13)12-22-20(24)14-10-17(25-3)19-18(11-14)26-7-8-27-19/h4-6,9-11,16H,7-8,12H2,1-3H3,(H,22,24)/t16-/m0/s1. The summed E-state index contributed by atoms with van der Waals surface area (Å²) in [4.78, 5) is 14.6. The Bertz CT molecular complexity index is 808. The van der Waals surface area contributed by atoms with Crippen LogP contribution in [0.2, 0.25) is 0 Å². The molecule has 2 aromatic rings. The maximum absolute atomic E-state index is 13.6. The van der Waals surface area contributed by atoms with E-state index < -0.39 is 0 Å². The van der Waals surface area contributed by atoms with Crippen molar-refractivity contribution < 1.29 is 23.4 Å². The number of rotatable bonds is 6. The van der Waals surface area contributed by atoms with Crippen LogP contribution < -0.4 is 19.5 Å².